The van der Waals surface area contributed by atoms with E-state index in [1.807, 2.05) is 0 Å². The van der Waals surface area contributed by atoms with Crippen molar-refractivity contribution in [3.05, 3.63) is 42.2 Å². The molecule has 0 radical (unpaired) electrons. The van der Waals surface area contributed by atoms with E-state index >= 15 is 0 Å². The zero-order valence-electron chi connectivity index (χ0n) is 16.4. The minimum atomic E-state index is -0.353. The minimum Gasteiger partial charge on any atom is -0.441 e. The van der Waals surface area contributed by atoms with Gasteiger partial charge in [-0.3, -0.25) is 4.79 Å². The van der Waals surface area contributed by atoms with Crippen LogP contribution in [-0.4, -0.2) is 28.0 Å². The molecule has 0 spiro atoms. The molecule has 1 aliphatic heterocycles. The van der Waals surface area contributed by atoms with E-state index in [1.165, 1.54) is 12.3 Å². The first-order valence-electron chi connectivity index (χ1n) is 9.42. The Balaban J connectivity index is 1.55. The van der Waals surface area contributed by atoms with Crippen molar-refractivity contribution in [1.29, 1.82) is 0 Å². The molecule has 3 rings (SSSR count). The van der Waals surface area contributed by atoms with Gasteiger partial charge in [-0.25, -0.2) is 9.37 Å². The summed E-state index contributed by atoms with van der Waals surface area (Å²) >= 11 is 0. The Labute approximate surface area is 159 Å². The lowest BCUT2D eigenvalue weighted by Crippen LogP contribution is -2.62. The van der Waals surface area contributed by atoms with Gasteiger partial charge in [0.05, 0.1) is 11.8 Å². The normalized spacial score (nSPS) is 19.0. The maximum Gasteiger partial charge on any atom is 0.220 e. The number of aryl methyl sites for hydroxylation is 1. The van der Waals surface area contributed by atoms with Crippen LogP contribution in [-0.2, 0) is 11.2 Å². The van der Waals surface area contributed by atoms with Gasteiger partial charge >= 0.3 is 0 Å². The number of hydrogen-bond acceptors (Lipinski definition) is 4. The molecular formula is C21H28FN3O2. The van der Waals surface area contributed by atoms with Crippen LogP contribution in [0.15, 0.2) is 34.9 Å². The van der Waals surface area contributed by atoms with Crippen molar-refractivity contribution in [1.82, 2.24) is 15.6 Å². The maximum atomic E-state index is 13.8. The van der Waals surface area contributed by atoms with Gasteiger partial charge in [0.15, 0.2) is 11.7 Å². The van der Waals surface area contributed by atoms with Crippen LogP contribution in [0.4, 0.5) is 4.39 Å². The van der Waals surface area contributed by atoms with Gasteiger partial charge in [-0.15, -0.1) is 0 Å². The molecule has 1 aliphatic rings. The SMILES string of the molecule is CC1(C)CC(NC(=O)CCc2ncc(-c3ccccc3F)o2)CC(C)(C)N1. The van der Waals surface area contributed by atoms with Gasteiger partial charge < -0.3 is 15.1 Å². The molecule has 6 heteroatoms. The third kappa shape index (κ3) is 5.16. The van der Waals surface area contributed by atoms with E-state index in [2.05, 4.69) is 43.3 Å². The summed E-state index contributed by atoms with van der Waals surface area (Å²) in [6.07, 6.45) is 3.96. The average Bonchev–Trinajstić information content (AvgIpc) is 2.99. The highest BCUT2D eigenvalue weighted by Crippen LogP contribution is 2.28. The summed E-state index contributed by atoms with van der Waals surface area (Å²) in [5, 5.41) is 6.75. The third-order valence-electron chi connectivity index (χ3n) is 4.81. The molecule has 0 saturated carbocycles. The number of aromatic nitrogens is 1. The quantitative estimate of drug-likeness (QED) is 0.836. The van der Waals surface area contributed by atoms with Crippen LogP contribution in [0.3, 0.4) is 0 Å². The van der Waals surface area contributed by atoms with Crippen molar-refractivity contribution >= 4 is 5.91 Å². The molecule has 0 bridgehead atoms. The highest BCUT2D eigenvalue weighted by atomic mass is 19.1. The second kappa shape index (κ2) is 7.43. The molecular weight excluding hydrogens is 345 g/mol. The standard InChI is InChI=1S/C21H28FN3O2/c1-20(2)11-14(12-21(3,4)25-20)24-18(26)9-10-19-23-13-17(27-19)15-7-5-6-8-16(15)22/h5-8,13-14,25H,9-12H2,1-4H3,(H,24,26). The Bertz CT molecular complexity index is 797. The van der Waals surface area contributed by atoms with E-state index in [1.54, 1.807) is 18.2 Å². The van der Waals surface area contributed by atoms with Gasteiger partial charge in [-0.1, -0.05) is 12.1 Å². The van der Waals surface area contributed by atoms with Crippen LogP contribution < -0.4 is 10.6 Å². The van der Waals surface area contributed by atoms with Crippen LogP contribution >= 0.6 is 0 Å². The van der Waals surface area contributed by atoms with Crippen LogP contribution in [0.2, 0.25) is 0 Å². The maximum absolute atomic E-state index is 13.8. The average molecular weight is 373 g/mol. The summed E-state index contributed by atoms with van der Waals surface area (Å²) in [6, 6.07) is 6.54. The fourth-order valence-electron chi connectivity index (χ4n) is 4.16. The lowest BCUT2D eigenvalue weighted by Gasteiger charge is -2.46. The number of carbonyl (C=O) groups is 1. The molecule has 2 heterocycles. The predicted octanol–water partition coefficient (Wildman–Crippen LogP) is 3.84. The molecule has 2 aromatic rings. The zero-order chi connectivity index (χ0) is 19.7. The number of hydrogen-bond donors (Lipinski definition) is 2. The number of oxazole rings is 1. The zero-order valence-corrected chi connectivity index (χ0v) is 16.4. The predicted molar refractivity (Wildman–Crippen MR) is 103 cm³/mol. The minimum absolute atomic E-state index is 0.0147. The molecule has 0 atom stereocenters. The van der Waals surface area contributed by atoms with E-state index < -0.39 is 0 Å². The number of benzene rings is 1. The van der Waals surface area contributed by atoms with Crippen molar-refractivity contribution in [3.63, 3.8) is 0 Å². The molecule has 1 fully saturated rings. The molecule has 1 aromatic heterocycles. The summed E-state index contributed by atoms with van der Waals surface area (Å²) < 4.78 is 19.4. The van der Waals surface area contributed by atoms with Crippen molar-refractivity contribution < 1.29 is 13.6 Å². The number of nitrogens with one attached hydrogen (secondary N) is 2. The first-order valence-corrected chi connectivity index (χ1v) is 9.42. The molecule has 1 saturated heterocycles. The van der Waals surface area contributed by atoms with Crippen molar-refractivity contribution in [3.8, 4) is 11.3 Å². The molecule has 146 valence electrons. The molecule has 27 heavy (non-hydrogen) atoms. The molecule has 0 aliphatic carbocycles. The first kappa shape index (κ1) is 19.5. The molecule has 1 amide bonds. The number of halogens is 1. The summed E-state index contributed by atoms with van der Waals surface area (Å²) in [4.78, 5) is 16.6. The highest BCUT2D eigenvalue weighted by molar-refractivity contribution is 5.76. The monoisotopic (exact) mass is 373 g/mol. The highest BCUT2D eigenvalue weighted by Gasteiger charge is 2.38. The summed E-state index contributed by atoms with van der Waals surface area (Å²) in [7, 11) is 0. The van der Waals surface area contributed by atoms with Gasteiger partial charge in [-0.2, -0.15) is 0 Å². The molecule has 5 nitrogen and oxygen atoms in total. The molecule has 0 unspecified atom stereocenters. The Morgan fingerprint density at radius 3 is 2.59 bits per heavy atom. The number of piperidine rings is 1. The van der Waals surface area contributed by atoms with Crippen LogP contribution in [0, 0.1) is 5.82 Å². The van der Waals surface area contributed by atoms with Gasteiger partial charge in [0.25, 0.3) is 0 Å². The van der Waals surface area contributed by atoms with E-state index in [0.717, 1.165) is 12.8 Å². The third-order valence-corrected chi connectivity index (χ3v) is 4.81. The lowest BCUT2D eigenvalue weighted by atomic mass is 9.79. The summed E-state index contributed by atoms with van der Waals surface area (Å²) in [5.74, 6) is 0.452. The van der Waals surface area contributed by atoms with Gasteiger partial charge in [0, 0.05) is 30.0 Å². The molecule has 2 N–H and O–H groups in total. The van der Waals surface area contributed by atoms with Gasteiger partial charge in [-0.05, 0) is 52.7 Å². The van der Waals surface area contributed by atoms with Gasteiger partial charge in [0.2, 0.25) is 5.91 Å². The van der Waals surface area contributed by atoms with Crippen molar-refractivity contribution in [2.75, 3.05) is 0 Å². The Hall–Kier alpha value is -2.21. The number of rotatable bonds is 5. The van der Waals surface area contributed by atoms with Crippen LogP contribution in [0.5, 0.6) is 0 Å². The topological polar surface area (TPSA) is 67.2 Å². The Morgan fingerprint density at radius 2 is 1.93 bits per heavy atom. The van der Waals surface area contributed by atoms with E-state index in [4.69, 9.17) is 4.42 Å². The van der Waals surface area contributed by atoms with Crippen LogP contribution in [0.1, 0.15) is 52.8 Å². The van der Waals surface area contributed by atoms with E-state index in [-0.39, 0.29) is 28.8 Å². The molecule has 1 aromatic carbocycles. The first-order chi connectivity index (χ1) is 12.6. The number of carbonyl (C=O) groups excluding carboxylic acids is 1. The largest absolute Gasteiger partial charge is 0.441 e. The Morgan fingerprint density at radius 1 is 1.26 bits per heavy atom. The fourth-order valence-corrected chi connectivity index (χ4v) is 4.16. The Kier molecular flexibility index (Phi) is 5.38. The van der Waals surface area contributed by atoms with Gasteiger partial charge in [0.1, 0.15) is 5.82 Å². The van der Waals surface area contributed by atoms with Crippen molar-refractivity contribution in [2.24, 2.45) is 0 Å². The second-order valence-corrected chi connectivity index (χ2v) is 8.66. The van der Waals surface area contributed by atoms with E-state index in [0.29, 0.717) is 30.1 Å². The fraction of sp³-hybridized carbons (Fsp3) is 0.524. The lowest BCUT2D eigenvalue weighted by molar-refractivity contribution is -0.122. The second-order valence-electron chi connectivity index (χ2n) is 8.66. The summed E-state index contributed by atoms with van der Waals surface area (Å²) in [5.41, 5.74) is 0.341. The van der Waals surface area contributed by atoms with Crippen LogP contribution in [0.25, 0.3) is 11.3 Å². The number of nitrogens with zero attached hydrogens (tertiary/aromatic N) is 1. The van der Waals surface area contributed by atoms with Crippen molar-refractivity contribution in [2.45, 2.75) is 70.5 Å². The van der Waals surface area contributed by atoms with E-state index in [9.17, 15) is 9.18 Å². The number of amides is 1. The summed E-state index contributed by atoms with van der Waals surface area (Å²) in [6.45, 7) is 8.63. The smallest absolute Gasteiger partial charge is 0.220 e.